The molecule has 176 valence electrons. The number of anilines is 1. The van der Waals surface area contributed by atoms with E-state index in [-0.39, 0.29) is 17.4 Å². The maximum absolute atomic E-state index is 14.5. The second-order valence-electron chi connectivity index (χ2n) is 8.77. The minimum absolute atomic E-state index is 0.0566. The molecule has 0 aliphatic carbocycles. The number of halogens is 1. The van der Waals surface area contributed by atoms with Crippen molar-refractivity contribution in [1.29, 1.82) is 5.26 Å². The minimum Gasteiger partial charge on any atom is -0.506 e. The smallest absolute Gasteiger partial charge is 0.141 e. The van der Waals surface area contributed by atoms with Gasteiger partial charge in [-0.05, 0) is 54.3 Å². The van der Waals surface area contributed by atoms with E-state index in [9.17, 15) is 14.8 Å². The van der Waals surface area contributed by atoms with Crippen LogP contribution >= 0.6 is 0 Å². The van der Waals surface area contributed by atoms with Crippen molar-refractivity contribution >= 4 is 16.6 Å². The van der Waals surface area contributed by atoms with E-state index in [1.807, 2.05) is 24.3 Å². The van der Waals surface area contributed by atoms with Gasteiger partial charge in [-0.1, -0.05) is 18.2 Å². The first kappa shape index (κ1) is 22.6. The van der Waals surface area contributed by atoms with E-state index < -0.39 is 5.82 Å². The Hall–Kier alpha value is -4.15. The average Bonchev–Trinajstić information content (AvgIpc) is 2.88. The van der Waals surface area contributed by atoms with Gasteiger partial charge in [0.25, 0.3) is 0 Å². The van der Waals surface area contributed by atoms with E-state index in [0.717, 1.165) is 53.6 Å². The first-order chi connectivity index (χ1) is 17.0. The summed E-state index contributed by atoms with van der Waals surface area (Å²) >= 11 is 0. The molecule has 35 heavy (non-hydrogen) atoms. The number of nitriles is 1. The summed E-state index contributed by atoms with van der Waals surface area (Å²) in [7, 11) is 1.51. The monoisotopic (exact) mass is 468 g/mol. The molecule has 1 aliphatic rings. The van der Waals surface area contributed by atoms with Crippen LogP contribution in [-0.2, 0) is 0 Å². The molecule has 5 rings (SSSR count). The number of pyridine rings is 1. The summed E-state index contributed by atoms with van der Waals surface area (Å²) in [6, 6.07) is 17.7. The highest BCUT2D eigenvalue weighted by Gasteiger charge is 2.23. The second kappa shape index (κ2) is 9.24. The average molecular weight is 469 g/mol. The van der Waals surface area contributed by atoms with Gasteiger partial charge in [0.1, 0.15) is 23.4 Å². The van der Waals surface area contributed by atoms with Crippen LogP contribution in [0.5, 0.6) is 11.5 Å². The molecule has 0 atom stereocenters. The zero-order chi connectivity index (χ0) is 24.5. The number of piperidine rings is 1. The van der Waals surface area contributed by atoms with E-state index >= 15 is 0 Å². The molecule has 0 saturated carbocycles. The molecule has 4 aromatic rings. The van der Waals surface area contributed by atoms with Crippen molar-refractivity contribution in [3.05, 3.63) is 72.2 Å². The number of nitrogens with two attached hydrogens (primary N) is 1. The van der Waals surface area contributed by atoms with Gasteiger partial charge < -0.3 is 20.5 Å². The molecule has 2 heterocycles. The van der Waals surface area contributed by atoms with Crippen LogP contribution in [0.4, 0.5) is 10.1 Å². The normalized spacial score (nSPS) is 14.2. The molecule has 1 saturated heterocycles. The van der Waals surface area contributed by atoms with E-state index in [0.29, 0.717) is 16.9 Å². The summed E-state index contributed by atoms with van der Waals surface area (Å²) in [5.74, 6) is -0.0180. The second-order valence-corrected chi connectivity index (χ2v) is 8.77. The van der Waals surface area contributed by atoms with E-state index in [1.54, 1.807) is 30.5 Å². The Morgan fingerprint density at radius 1 is 1.09 bits per heavy atom. The lowest BCUT2D eigenvalue weighted by atomic mass is 9.95. The van der Waals surface area contributed by atoms with Crippen LogP contribution in [-0.4, -0.2) is 36.3 Å². The summed E-state index contributed by atoms with van der Waals surface area (Å²) in [6.07, 6.45) is 3.47. The summed E-state index contributed by atoms with van der Waals surface area (Å²) in [4.78, 5) is 6.95. The van der Waals surface area contributed by atoms with Crippen molar-refractivity contribution < 1.29 is 14.2 Å². The topological polar surface area (TPSA) is 95.4 Å². The van der Waals surface area contributed by atoms with Crippen LogP contribution in [0.3, 0.4) is 0 Å². The number of benzene rings is 3. The van der Waals surface area contributed by atoms with Crippen LogP contribution in [0.15, 0.2) is 60.8 Å². The molecule has 1 aliphatic heterocycles. The van der Waals surface area contributed by atoms with E-state index in [4.69, 9.17) is 10.5 Å². The largest absolute Gasteiger partial charge is 0.506 e. The van der Waals surface area contributed by atoms with Crippen LogP contribution in [0, 0.1) is 17.1 Å². The molecule has 7 heteroatoms. The number of fused-ring (bicyclic) bond motifs is 1. The fraction of sp³-hybridized carbons (Fsp3) is 0.214. The number of methoxy groups -OCH3 is 1. The van der Waals surface area contributed by atoms with Gasteiger partial charge in [-0.2, -0.15) is 5.26 Å². The first-order valence-corrected chi connectivity index (χ1v) is 11.5. The molecule has 3 N–H and O–H groups in total. The third kappa shape index (κ3) is 4.25. The van der Waals surface area contributed by atoms with E-state index in [2.05, 4.69) is 9.88 Å². The Labute approximate surface area is 203 Å². The number of phenols is 1. The van der Waals surface area contributed by atoms with Gasteiger partial charge in [0.2, 0.25) is 0 Å². The summed E-state index contributed by atoms with van der Waals surface area (Å²) in [6.45, 7) is 1.53. The molecule has 0 amide bonds. The standard InChI is InChI=1S/C28H25FN4O2/c1-35-22-12-19(11-20(29)14-22)25-16-32-26-6-5-17(23-4-2-3-18(15-30)28(23)34)13-24(26)27(25)33-9-7-21(31)8-10-33/h2-6,11-14,16,21,34H,7-10,31H2,1H3. The maximum Gasteiger partial charge on any atom is 0.141 e. The van der Waals surface area contributed by atoms with Crippen molar-refractivity contribution in [2.45, 2.75) is 18.9 Å². The number of aromatic nitrogens is 1. The van der Waals surface area contributed by atoms with Gasteiger partial charge in [0.15, 0.2) is 0 Å². The number of nitrogens with zero attached hydrogens (tertiary/aromatic N) is 3. The molecule has 1 aromatic heterocycles. The third-order valence-corrected chi connectivity index (χ3v) is 6.58. The summed E-state index contributed by atoms with van der Waals surface area (Å²) in [5, 5.41) is 20.9. The number of hydrogen-bond acceptors (Lipinski definition) is 6. The van der Waals surface area contributed by atoms with Gasteiger partial charge >= 0.3 is 0 Å². The predicted octanol–water partition coefficient (Wildman–Crippen LogP) is 5.22. The van der Waals surface area contributed by atoms with Crippen molar-refractivity contribution in [2.75, 3.05) is 25.1 Å². The van der Waals surface area contributed by atoms with Crippen molar-refractivity contribution in [1.82, 2.24) is 4.98 Å². The molecular weight excluding hydrogens is 443 g/mol. The highest BCUT2D eigenvalue weighted by molar-refractivity contribution is 6.02. The lowest BCUT2D eigenvalue weighted by molar-refractivity contribution is 0.411. The Bertz CT molecular complexity index is 1460. The van der Waals surface area contributed by atoms with Crippen LogP contribution in [0.1, 0.15) is 18.4 Å². The van der Waals surface area contributed by atoms with Gasteiger partial charge in [-0.15, -0.1) is 0 Å². The molecule has 6 nitrogen and oxygen atoms in total. The first-order valence-electron chi connectivity index (χ1n) is 11.5. The van der Waals surface area contributed by atoms with Crippen molar-refractivity contribution in [3.63, 3.8) is 0 Å². The number of phenolic OH excluding ortho intramolecular Hbond substituents is 1. The molecule has 3 aromatic carbocycles. The predicted molar refractivity (Wildman–Crippen MR) is 135 cm³/mol. The number of aromatic hydroxyl groups is 1. The minimum atomic E-state index is -0.391. The van der Waals surface area contributed by atoms with Gasteiger partial charge in [-0.25, -0.2) is 4.39 Å². The number of ether oxygens (including phenoxy) is 1. The van der Waals surface area contributed by atoms with E-state index in [1.165, 1.54) is 19.2 Å². The molecule has 0 radical (unpaired) electrons. The fourth-order valence-electron chi connectivity index (χ4n) is 4.72. The zero-order valence-electron chi connectivity index (χ0n) is 19.3. The fourth-order valence-corrected chi connectivity index (χ4v) is 4.72. The van der Waals surface area contributed by atoms with Gasteiger partial charge in [-0.3, -0.25) is 4.98 Å². The number of hydrogen-bond donors (Lipinski definition) is 2. The molecular formula is C28H25FN4O2. The Morgan fingerprint density at radius 3 is 2.63 bits per heavy atom. The highest BCUT2D eigenvalue weighted by atomic mass is 19.1. The number of para-hydroxylation sites is 1. The van der Waals surface area contributed by atoms with Crippen molar-refractivity contribution in [2.24, 2.45) is 5.73 Å². The Kier molecular flexibility index (Phi) is 5.98. The lowest BCUT2D eigenvalue weighted by Gasteiger charge is -2.34. The summed E-state index contributed by atoms with van der Waals surface area (Å²) < 4.78 is 19.8. The number of rotatable bonds is 4. The van der Waals surface area contributed by atoms with Crippen molar-refractivity contribution in [3.8, 4) is 39.8 Å². The lowest BCUT2D eigenvalue weighted by Crippen LogP contribution is -2.40. The molecule has 0 bridgehead atoms. The van der Waals surface area contributed by atoms with Crippen LogP contribution < -0.4 is 15.4 Å². The SMILES string of the molecule is COc1cc(F)cc(-c2cnc3ccc(-c4cccc(C#N)c4O)cc3c2N2CCC(N)CC2)c1. The highest BCUT2D eigenvalue weighted by Crippen LogP contribution is 2.41. The zero-order valence-corrected chi connectivity index (χ0v) is 19.3. The quantitative estimate of drug-likeness (QED) is 0.426. The molecule has 0 unspecified atom stereocenters. The van der Waals surface area contributed by atoms with Gasteiger partial charge in [0.05, 0.1) is 23.9 Å². The Morgan fingerprint density at radius 2 is 1.89 bits per heavy atom. The van der Waals surface area contributed by atoms with Crippen LogP contribution in [0.25, 0.3) is 33.2 Å². The third-order valence-electron chi connectivity index (χ3n) is 6.58. The summed E-state index contributed by atoms with van der Waals surface area (Å²) in [5.41, 5.74) is 10.9. The van der Waals surface area contributed by atoms with Gasteiger partial charge in [0, 0.05) is 47.9 Å². The molecule has 1 fully saturated rings. The Balaban J connectivity index is 1.76. The molecule has 0 spiro atoms. The van der Waals surface area contributed by atoms with Crippen LogP contribution in [0.2, 0.25) is 0 Å². The maximum atomic E-state index is 14.5.